The van der Waals surface area contributed by atoms with Crippen LogP contribution in [0, 0.1) is 0 Å². The quantitative estimate of drug-likeness (QED) is 0.779. The first-order valence-electron chi connectivity index (χ1n) is 9.85. The number of anilines is 1. The number of hydrogen-bond donors (Lipinski definition) is 1. The summed E-state index contributed by atoms with van der Waals surface area (Å²) in [6, 6.07) is 12.0. The molecule has 0 saturated carbocycles. The molecule has 0 spiro atoms. The first kappa shape index (κ1) is 20.3. The lowest BCUT2D eigenvalue weighted by atomic mass is 10.1. The van der Waals surface area contributed by atoms with Gasteiger partial charge in [0.1, 0.15) is 19.0 Å². The molecule has 2 unspecified atom stereocenters. The zero-order valence-corrected chi connectivity index (χ0v) is 17.6. The van der Waals surface area contributed by atoms with Crippen molar-refractivity contribution in [1.29, 1.82) is 0 Å². The maximum absolute atomic E-state index is 12.9. The summed E-state index contributed by atoms with van der Waals surface area (Å²) in [5.74, 6) is 1.23. The van der Waals surface area contributed by atoms with Crippen LogP contribution in [0.4, 0.5) is 5.69 Å². The molecular formula is C21H24N2O6S. The average Bonchev–Trinajstić information content (AvgIpc) is 2.77. The summed E-state index contributed by atoms with van der Waals surface area (Å²) in [5, 5.41) is 2.91. The molecule has 2 aliphatic rings. The Kier molecular flexibility index (Phi) is 5.46. The molecule has 8 nitrogen and oxygen atoms in total. The SMILES string of the molecule is CCS(=O)(=O)N1CC(C(=O)NC(C)c2ccc3c(c2)OCCO3)Oc2ccccc21. The molecule has 0 saturated heterocycles. The summed E-state index contributed by atoms with van der Waals surface area (Å²) in [6.45, 7) is 4.34. The minimum atomic E-state index is -3.55. The van der Waals surface area contributed by atoms with Crippen LogP contribution < -0.4 is 23.8 Å². The molecule has 2 heterocycles. The molecule has 1 amide bonds. The van der Waals surface area contributed by atoms with Crippen molar-refractivity contribution in [1.82, 2.24) is 5.32 Å². The van der Waals surface area contributed by atoms with E-state index in [-0.39, 0.29) is 24.2 Å². The number of para-hydroxylation sites is 2. The van der Waals surface area contributed by atoms with Crippen LogP contribution in [0.5, 0.6) is 17.2 Å². The van der Waals surface area contributed by atoms with Crippen LogP contribution in [0.15, 0.2) is 42.5 Å². The lowest BCUT2D eigenvalue weighted by Crippen LogP contribution is -2.51. The summed E-state index contributed by atoms with van der Waals surface area (Å²) >= 11 is 0. The van der Waals surface area contributed by atoms with Crippen molar-refractivity contribution in [2.45, 2.75) is 26.0 Å². The molecule has 1 N–H and O–H groups in total. The summed E-state index contributed by atoms with van der Waals surface area (Å²) in [6.07, 6.45) is -0.958. The number of carbonyl (C=O) groups is 1. The van der Waals surface area contributed by atoms with Crippen LogP contribution in [-0.2, 0) is 14.8 Å². The van der Waals surface area contributed by atoms with Crippen molar-refractivity contribution in [3.05, 3.63) is 48.0 Å². The summed E-state index contributed by atoms with van der Waals surface area (Å²) in [7, 11) is -3.55. The van der Waals surface area contributed by atoms with Gasteiger partial charge in [0.15, 0.2) is 17.6 Å². The highest BCUT2D eigenvalue weighted by Crippen LogP contribution is 2.36. The highest BCUT2D eigenvalue weighted by molar-refractivity contribution is 7.92. The van der Waals surface area contributed by atoms with Crippen molar-refractivity contribution in [2.24, 2.45) is 0 Å². The maximum Gasteiger partial charge on any atom is 0.263 e. The van der Waals surface area contributed by atoms with E-state index in [1.54, 1.807) is 31.2 Å². The maximum atomic E-state index is 12.9. The molecule has 160 valence electrons. The van der Waals surface area contributed by atoms with E-state index in [0.717, 1.165) is 5.56 Å². The fourth-order valence-corrected chi connectivity index (χ4v) is 4.60. The molecule has 2 aromatic rings. The van der Waals surface area contributed by atoms with Gasteiger partial charge in [-0.05, 0) is 43.7 Å². The molecule has 2 atom stereocenters. The molecule has 0 radical (unpaired) electrons. The van der Waals surface area contributed by atoms with E-state index in [1.807, 2.05) is 25.1 Å². The Morgan fingerprint density at radius 3 is 2.63 bits per heavy atom. The number of hydrogen-bond acceptors (Lipinski definition) is 6. The molecule has 2 aromatic carbocycles. The van der Waals surface area contributed by atoms with Gasteiger partial charge in [-0.25, -0.2) is 8.42 Å². The van der Waals surface area contributed by atoms with Crippen LogP contribution in [0.25, 0.3) is 0 Å². The minimum absolute atomic E-state index is 0.0662. The number of nitrogens with zero attached hydrogens (tertiary/aromatic N) is 1. The molecule has 0 aromatic heterocycles. The summed E-state index contributed by atoms with van der Waals surface area (Å²) in [4.78, 5) is 12.9. The second-order valence-corrected chi connectivity index (χ2v) is 9.32. The van der Waals surface area contributed by atoms with E-state index >= 15 is 0 Å². The van der Waals surface area contributed by atoms with Gasteiger partial charge in [-0.15, -0.1) is 0 Å². The number of amides is 1. The van der Waals surface area contributed by atoms with E-state index in [0.29, 0.717) is 36.1 Å². The molecular weight excluding hydrogens is 408 g/mol. The highest BCUT2D eigenvalue weighted by Gasteiger charge is 2.36. The van der Waals surface area contributed by atoms with E-state index in [2.05, 4.69) is 5.32 Å². The smallest absolute Gasteiger partial charge is 0.263 e. The van der Waals surface area contributed by atoms with Crippen LogP contribution in [0.2, 0.25) is 0 Å². The summed E-state index contributed by atoms with van der Waals surface area (Å²) in [5.41, 5.74) is 1.30. The second-order valence-electron chi connectivity index (χ2n) is 7.14. The molecule has 30 heavy (non-hydrogen) atoms. The Morgan fingerprint density at radius 1 is 1.13 bits per heavy atom. The highest BCUT2D eigenvalue weighted by atomic mass is 32.2. The van der Waals surface area contributed by atoms with Crippen LogP contribution in [0.1, 0.15) is 25.5 Å². The van der Waals surface area contributed by atoms with Crippen molar-refractivity contribution in [3.8, 4) is 17.2 Å². The predicted molar refractivity (Wildman–Crippen MR) is 112 cm³/mol. The number of rotatable bonds is 5. The number of carbonyl (C=O) groups excluding carboxylic acids is 1. The normalized spacial score (nSPS) is 18.7. The van der Waals surface area contributed by atoms with Gasteiger partial charge in [0, 0.05) is 0 Å². The number of nitrogens with one attached hydrogen (secondary N) is 1. The van der Waals surface area contributed by atoms with Crippen LogP contribution >= 0.6 is 0 Å². The Hall–Kier alpha value is -2.94. The Balaban J connectivity index is 1.52. The van der Waals surface area contributed by atoms with E-state index in [4.69, 9.17) is 14.2 Å². The third-order valence-corrected chi connectivity index (χ3v) is 6.90. The van der Waals surface area contributed by atoms with Crippen LogP contribution in [-0.4, -0.2) is 45.9 Å². The average molecular weight is 432 g/mol. The minimum Gasteiger partial charge on any atom is -0.486 e. The molecule has 4 rings (SSSR count). The molecule has 0 bridgehead atoms. The Labute approximate surface area is 175 Å². The van der Waals surface area contributed by atoms with Gasteiger partial charge >= 0.3 is 0 Å². The van der Waals surface area contributed by atoms with Gasteiger partial charge < -0.3 is 19.5 Å². The Bertz CT molecular complexity index is 1060. The first-order valence-corrected chi connectivity index (χ1v) is 11.5. The lowest BCUT2D eigenvalue weighted by molar-refractivity contribution is -0.128. The van der Waals surface area contributed by atoms with E-state index in [9.17, 15) is 13.2 Å². The summed E-state index contributed by atoms with van der Waals surface area (Å²) < 4.78 is 43.4. The van der Waals surface area contributed by atoms with Crippen molar-refractivity contribution in [2.75, 3.05) is 29.8 Å². The van der Waals surface area contributed by atoms with E-state index in [1.165, 1.54) is 4.31 Å². The second kappa shape index (κ2) is 8.06. The van der Waals surface area contributed by atoms with Gasteiger partial charge in [-0.1, -0.05) is 18.2 Å². The van der Waals surface area contributed by atoms with Crippen molar-refractivity contribution < 1.29 is 27.4 Å². The topological polar surface area (TPSA) is 94.2 Å². The van der Waals surface area contributed by atoms with E-state index < -0.39 is 16.1 Å². The predicted octanol–water partition coefficient (Wildman–Crippen LogP) is 2.25. The number of benzene rings is 2. The molecule has 2 aliphatic heterocycles. The monoisotopic (exact) mass is 432 g/mol. The third kappa shape index (κ3) is 3.89. The van der Waals surface area contributed by atoms with Gasteiger partial charge in [0.25, 0.3) is 5.91 Å². The van der Waals surface area contributed by atoms with Crippen LogP contribution in [0.3, 0.4) is 0 Å². The molecule has 9 heteroatoms. The zero-order valence-electron chi connectivity index (χ0n) is 16.8. The number of sulfonamides is 1. The fourth-order valence-electron chi connectivity index (χ4n) is 3.48. The van der Waals surface area contributed by atoms with Gasteiger partial charge in [-0.2, -0.15) is 0 Å². The standard InChI is InChI=1S/C21H24N2O6S/c1-3-30(25,26)23-13-20(29-17-7-5-4-6-16(17)23)21(24)22-14(2)15-8-9-18-19(12-15)28-11-10-27-18/h4-9,12,14,20H,3,10-11,13H2,1-2H3,(H,22,24). The van der Waals surface area contributed by atoms with Gasteiger partial charge in [-0.3, -0.25) is 9.10 Å². The zero-order chi connectivity index (χ0) is 21.3. The largest absolute Gasteiger partial charge is 0.486 e. The lowest BCUT2D eigenvalue weighted by Gasteiger charge is -2.35. The van der Waals surface area contributed by atoms with Gasteiger partial charge in [0.05, 0.1) is 24.0 Å². The number of fused-ring (bicyclic) bond motifs is 2. The van der Waals surface area contributed by atoms with Gasteiger partial charge in [0.2, 0.25) is 10.0 Å². The Morgan fingerprint density at radius 2 is 1.87 bits per heavy atom. The fraction of sp³-hybridized carbons (Fsp3) is 0.381. The molecule has 0 aliphatic carbocycles. The van der Waals surface area contributed by atoms with Crippen molar-refractivity contribution >= 4 is 21.6 Å². The number of ether oxygens (including phenoxy) is 3. The van der Waals surface area contributed by atoms with Crippen molar-refractivity contribution in [3.63, 3.8) is 0 Å². The first-order chi connectivity index (χ1) is 14.4. The molecule has 0 fully saturated rings. The third-order valence-electron chi connectivity index (χ3n) is 5.15.